The van der Waals surface area contributed by atoms with Gasteiger partial charge < -0.3 is 14.8 Å². The summed E-state index contributed by atoms with van der Waals surface area (Å²) in [5, 5.41) is 2.90. The number of anilines is 1. The molecule has 7 heteroatoms. The van der Waals surface area contributed by atoms with E-state index < -0.39 is 0 Å². The van der Waals surface area contributed by atoms with E-state index in [4.69, 9.17) is 0 Å². The number of carbonyl (C=O) groups is 2. The molecule has 0 spiro atoms. The number of pyridine rings is 2. The van der Waals surface area contributed by atoms with Crippen molar-refractivity contribution < 1.29 is 9.59 Å². The van der Waals surface area contributed by atoms with Crippen LogP contribution in [0.15, 0.2) is 41.3 Å². The van der Waals surface area contributed by atoms with E-state index >= 15 is 0 Å². The average molecular weight is 421 g/mol. The maximum atomic E-state index is 13.2. The fourth-order valence-corrected chi connectivity index (χ4v) is 5.46. The Hall–Kier alpha value is -2.96. The summed E-state index contributed by atoms with van der Waals surface area (Å²) in [4.78, 5) is 44.7. The minimum atomic E-state index is -0.124. The molecule has 0 aromatic carbocycles. The second-order valence-electron chi connectivity index (χ2n) is 9.14. The van der Waals surface area contributed by atoms with Crippen molar-refractivity contribution in [2.24, 2.45) is 11.8 Å². The highest BCUT2D eigenvalue weighted by atomic mass is 16.2. The first-order chi connectivity index (χ1) is 15.1. The third-order valence-electron chi connectivity index (χ3n) is 7.01. The van der Waals surface area contributed by atoms with Crippen LogP contribution in [0.3, 0.4) is 0 Å². The molecule has 2 atom stereocenters. The van der Waals surface area contributed by atoms with Crippen LogP contribution in [-0.4, -0.2) is 39.4 Å². The summed E-state index contributed by atoms with van der Waals surface area (Å²) >= 11 is 0. The number of nitrogens with zero attached hydrogens (tertiary/aromatic N) is 3. The lowest BCUT2D eigenvalue weighted by molar-refractivity contribution is -0.120. The molecule has 31 heavy (non-hydrogen) atoms. The van der Waals surface area contributed by atoms with Crippen LogP contribution in [0.1, 0.15) is 60.6 Å². The maximum Gasteiger partial charge on any atom is 0.274 e. The van der Waals surface area contributed by atoms with Crippen LogP contribution in [0.5, 0.6) is 0 Å². The summed E-state index contributed by atoms with van der Waals surface area (Å²) in [6.07, 6.45) is 7.77. The molecule has 1 N–H and O–H groups in total. The molecule has 2 aliphatic heterocycles. The van der Waals surface area contributed by atoms with Gasteiger partial charge in [-0.05, 0) is 49.4 Å². The number of aromatic nitrogens is 2. The molecule has 2 amide bonds. The van der Waals surface area contributed by atoms with Gasteiger partial charge in [0, 0.05) is 43.4 Å². The molecule has 5 rings (SSSR count). The van der Waals surface area contributed by atoms with E-state index in [1.54, 1.807) is 24.4 Å². The van der Waals surface area contributed by atoms with E-state index in [2.05, 4.69) is 10.3 Å². The number of fused-ring (bicyclic) bond motifs is 4. The Balaban J connectivity index is 1.35. The Morgan fingerprint density at radius 1 is 1.00 bits per heavy atom. The zero-order chi connectivity index (χ0) is 21.4. The molecule has 2 fully saturated rings. The Morgan fingerprint density at radius 2 is 1.84 bits per heavy atom. The molecule has 1 saturated heterocycles. The van der Waals surface area contributed by atoms with E-state index in [0.717, 1.165) is 37.8 Å². The molecule has 4 heterocycles. The van der Waals surface area contributed by atoms with Crippen molar-refractivity contribution in [3.8, 4) is 0 Å². The molecular weight excluding hydrogens is 392 g/mol. The molecule has 2 aromatic rings. The second kappa shape index (κ2) is 8.29. The highest BCUT2D eigenvalue weighted by Gasteiger charge is 2.37. The quantitative estimate of drug-likeness (QED) is 0.827. The molecule has 2 aromatic heterocycles. The molecule has 1 saturated carbocycles. The first-order valence-electron chi connectivity index (χ1n) is 11.3. The summed E-state index contributed by atoms with van der Waals surface area (Å²) in [5.41, 5.74) is 1.66. The van der Waals surface area contributed by atoms with Crippen LogP contribution in [0.25, 0.3) is 0 Å². The van der Waals surface area contributed by atoms with E-state index in [-0.39, 0.29) is 35.1 Å². The highest BCUT2D eigenvalue weighted by molar-refractivity contribution is 5.93. The molecule has 0 radical (unpaired) electrons. The lowest BCUT2D eigenvalue weighted by atomic mass is 9.83. The average Bonchev–Trinajstić information content (AvgIpc) is 2.81. The fraction of sp³-hybridized carbons (Fsp3) is 0.500. The molecular formula is C24H28N4O3. The lowest BCUT2D eigenvalue weighted by Crippen LogP contribution is -2.49. The monoisotopic (exact) mass is 420 g/mol. The number of likely N-dealkylation sites (tertiary alicyclic amines) is 1. The largest absolute Gasteiger partial charge is 0.336 e. The van der Waals surface area contributed by atoms with Crippen molar-refractivity contribution in [3.05, 3.63) is 58.3 Å². The molecule has 1 aliphatic carbocycles. The number of amides is 2. The van der Waals surface area contributed by atoms with Gasteiger partial charge in [0.2, 0.25) is 5.91 Å². The third-order valence-corrected chi connectivity index (χ3v) is 7.01. The summed E-state index contributed by atoms with van der Waals surface area (Å²) in [6.45, 7) is 1.78. The highest BCUT2D eigenvalue weighted by Crippen LogP contribution is 2.36. The van der Waals surface area contributed by atoms with Crippen LogP contribution < -0.4 is 10.9 Å². The number of piperidine rings is 1. The van der Waals surface area contributed by atoms with Gasteiger partial charge in [-0.2, -0.15) is 0 Å². The number of carbonyl (C=O) groups excluding carboxylic acids is 2. The molecule has 2 bridgehead atoms. The number of hydrogen-bond acceptors (Lipinski definition) is 4. The fourth-order valence-electron chi connectivity index (χ4n) is 5.46. The maximum absolute atomic E-state index is 13.2. The van der Waals surface area contributed by atoms with Crippen molar-refractivity contribution in [2.75, 3.05) is 18.4 Å². The lowest BCUT2D eigenvalue weighted by Gasteiger charge is -2.42. The van der Waals surface area contributed by atoms with Gasteiger partial charge in [-0.15, -0.1) is 0 Å². The number of rotatable bonds is 3. The van der Waals surface area contributed by atoms with Gasteiger partial charge in [0.05, 0.1) is 0 Å². The minimum Gasteiger partial charge on any atom is -0.336 e. The predicted octanol–water partition coefficient (Wildman–Crippen LogP) is 3.02. The van der Waals surface area contributed by atoms with Crippen molar-refractivity contribution in [2.45, 2.75) is 51.0 Å². The van der Waals surface area contributed by atoms with Crippen LogP contribution >= 0.6 is 0 Å². The summed E-state index contributed by atoms with van der Waals surface area (Å²) < 4.78 is 1.82. The first-order valence-corrected chi connectivity index (χ1v) is 11.3. The SMILES string of the molecule is O=C(Nc1ccc2n(c1=O)CC1CC2CN(C(=O)c2ccccn2)C1)C1CCCCC1. The van der Waals surface area contributed by atoms with Crippen LogP contribution in [0.2, 0.25) is 0 Å². The minimum absolute atomic E-state index is 0.0136. The zero-order valence-corrected chi connectivity index (χ0v) is 17.6. The molecule has 7 nitrogen and oxygen atoms in total. The van der Waals surface area contributed by atoms with Crippen molar-refractivity contribution >= 4 is 17.5 Å². The summed E-state index contributed by atoms with van der Waals surface area (Å²) in [7, 11) is 0. The van der Waals surface area contributed by atoms with Gasteiger partial charge in [-0.25, -0.2) is 0 Å². The molecule has 2 unspecified atom stereocenters. The van der Waals surface area contributed by atoms with Crippen LogP contribution in [-0.2, 0) is 11.3 Å². The Morgan fingerprint density at radius 3 is 2.61 bits per heavy atom. The van der Waals surface area contributed by atoms with Gasteiger partial charge in [-0.1, -0.05) is 25.3 Å². The van der Waals surface area contributed by atoms with E-state index in [1.807, 2.05) is 21.6 Å². The Labute approximate surface area is 181 Å². The van der Waals surface area contributed by atoms with E-state index in [9.17, 15) is 14.4 Å². The Bertz CT molecular complexity index is 1040. The second-order valence-corrected chi connectivity index (χ2v) is 9.14. The van der Waals surface area contributed by atoms with Gasteiger partial charge in [0.15, 0.2) is 0 Å². The normalized spacial score (nSPS) is 23.2. The number of hydrogen-bond donors (Lipinski definition) is 1. The summed E-state index contributed by atoms with van der Waals surface area (Å²) in [6, 6.07) is 9.06. The van der Waals surface area contributed by atoms with Crippen molar-refractivity contribution in [1.82, 2.24) is 14.5 Å². The zero-order valence-electron chi connectivity index (χ0n) is 17.6. The van der Waals surface area contributed by atoms with Crippen molar-refractivity contribution in [3.63, 3.8) is 0 Å². The molecule has 162 valence electrons. The third kappa shape index (κ3) is 3.89. The van der Waals surface area contributed by atoms with Gasteiger partial charge in [0.25, 0.3) is 11.5 Å². The Kier molecular flexibility index (Phi) is 5.34. The van der Waals surface area contributed by atoms with Crippen molar-refractivity contribution in [1.29, 1.82) is 0 Å². The van der Waals surface area contributed by atoms with Crippen LogP contribution in [0, 0.1) is 11.8 Å². The summed E-state index contributed by atoms with van der Waals surface area (Å²) in [5.74, 6) is 0.277. The number of nitrogens with one attached hydrogen (secondary N) is 1. The van der Waals surface area contributed by atoms with E-state index in [1.165, 1.54) is 6.42 Å². The first kappa shape index (κ1) is 20.0. The van der Waals surface area contributed by atoms with E-state index in [0.29, 0.717) is 31.0 Å². The predicted molar refractivity (Wildman–Crippen MR) is 117 cm³/mol. The smallest absolute Gasteiger partial charge is 0.274 e. The molecule has 3 aliphatic rings. The topological polar surface area (TPSA) is 84.3 Å². The van der Waals surface area contributed by atoms with Gasteiger partial charge in [-0.3, -0.25) is 19.4 Å². The van der Waals surface area contributed by atoms with Gasteiger partial charge in [0.1, 0.15) is 11.4 Å². The van der Waals surface area contributed by atoms with Gasteiger partial charge >= 0.3 is 0 Å². The standard InChI is InChI=1S/C24H28N4O3/c29-22(17-6-2-1-3-7-17)26-20-9-10-21-18-12-16(14-28(21)24(20)31)13-27(15-18)23(30)19-8-4-5-11-25-19/h4-5,8-11,16-18H,1-3,6-7,12-15H2,(H,26,29). The van der Waals surface area contributed by atoms with Crippen LogP contribution in [0.4, 0.5) is 5.69 Å².